The van der Waals surface area contributed by atoms with Crippen molar-refractivity contribution in [1.29, 1.82) is 0 Å². The highest BCUT2D eigenvalue weighted by molar-refractivity contribution is 4.76. The lowest BCUT2D eigenvalue weighted by Crippen LogP contribution is -2.43. The molecular weight excluding hydrogens is 195 g/mol. The van der Waals surface area contributed by atoms with Crippen LogP contribution in [0.1, 0.15) is 19.8 Å². The van der Waals surface area contributed by atoms with Crippen LogP contribution in [0.4, 0.5) is 13.2 Å². The largest absolute Gasteiger partial charge is 0.392 e. The highest BCUT2D eigenvalue weighted by atomic mass is 19.4. The minimum absolute atomic E-state index is 0.00486. The number of likely N-dealkylation sites (tertiary alicyclic amines) is 1. The molecule has 1 fully saturated rings. The van der Waals surface area contributed by atoms with E-state index in [0.29, 0.717) is 19.5 Å². The SMILES string of the molecule is C[C@@H]1C[C@H](O)CN(CCC(F)(F)F)C1. The van der Waals surface area contributed by atoms with E-state index < -0.39 is 18.7 Å². The molecule has 1 saturated heterocycles. The Morgan fingerprint density at radius 2 is 2.00 bits per heavy atom. The van der Waals surface area contributed by atoms with Crippen molar-refractivity contribution in [2.24, 2.45) is 5.92 Å². The van der Waals surface area contributed by atoms with Crippen LogP contribution in [0.15, 0.2) is 0 Å². The van der Waals surface area contributed by atoms with Gasteiger partial charge in [-0.1, -0.05) is 6.92 Å². The number of nitrogens with zero attached hydrogens (tertiary/aromatic N) is 1. The molecule has 0 bridgehead atoms. The topological polar surface area (TPSA) is 23.5 Å². The summed E-state index contributed by atoms with van der Waals surface area (Å²) in [4.78, 5) is 1.69. The van der Waals surface area contributed by atoms with Gasteiger partial charge in [0.15, 0.2) is 0 Å². The summed E-state index contributed by atoms with van der Waals surface area (Å²) in [7, 11) is 0. The van der Waals surface area contributed by atoms with Gasteiger partial charge in [0.1, 0.15) is 0 Å². The first-order valence-electron chi connectivity index (χ1n) is 4.84. The molecule has 2 atom stereocenters. The third-order valence-electron chi connectivity index (χ3n) is 2.42. The van der Waals surface area contributed by atoms with E-state index >= 15 is 0 Å². The van der Waals surface area contributed by atoms with E-state index in [2.05, 4.69) is 0 Å². The second kappa shape index (κ2) is 4.49. The molecule has 1 aliphatic heterocycles. The number of alkyl halides is 3. The molecule has 0 spiro atoms. The maximum atomic E-state index is 11.9. The Balaban J connectivity index is 2.30. The summed E-state index contributed by atoms with van der Waals surface area (Å²) in [6, 6.07) is 0. The lowest BCUT2D eigenvalue weighted by atomic mass is 9.98. The number of aliphatic hydroxyl groups excluding tert-OH is 1. The maximum Gasteiger partial charge on any atom is 0.390 e. The third-order valence-corrected chi connectivity index (χ3v) is 2.42. The molecular formula is C9H16F3NO. The van der Waals surface area contributed by atoms with Gasteiger partial charge in [-0.25, -0.2) is 0 Å². The van der Waals surface area contributed by atoms with Crippen LogP contribution in [0.2, 0.25) is 0 Å². The first-order valence-corrected chi connectivity index (χ1v) is 4.84. The predicted molar refractivity (Wildman–Crippen MR) is 46.9 cm³/mol. The quantitative estimate of drug-likeness (QED) is 0.750. The van der Waals surface area contributed by atoms with E-state index in [1.54, 1.807) is 4.90 Å². The molecule has 0 aromatic rings. The fourth-order valence-corrected chi connectivity index (χ4v) is 1.89. The van der Waals surface area contributed by atoms with E-state index in [4.69, 9.17) is 0 Å². The number of aliphatic hydroxyl groups is 1. The van der Waals surface area contributed by atoms with Gasteiger partial charge >= 0.3 is 6.18 Å². The standard InChI is InChI=1S/C9H16F3NO/c1-7-4-8(14)6-13(5-7)3-2-9(10,11)12/h7-8,14H,2-6H2,1H3/t7-,8+/m1/s1. The molecule has 0 radical (unpaired) electrons. The van der Waals surface area contributed by atoms with Crippen molar-refractivity contribution in [3.8, 4) is 0 Å². The summed E-state index contributed by atoms with van der Waals surface area (Å²) in [6.07, 6.45) is -4.65. The fraction of sp³-hybridized carbons (Fsp3) is 1.00. The Bertz CT molecular complexity index is 173. The fourth-order valence-electron chi connectivity index (χ4n) is 1.89. The summed E-state index contributed by atoms with van der Waals surface area (Å²) in [5, 5.41) is 9.36. The summed E-state index contributed by atoms with van der Waals surface area (Å²) < 4.78 is 35.7. The first kappa shape index (κ1) is 11.8. The van der Waals surface area contributed by atoms with E-state index in [1.165, 1.54) is 0 Å². The summed E-state index contributed by atoms with van der Waals surface area (Å²) in [6.45, 7) is 2.99. The molecule has 5 heteroatoms. The Morgan fingerprint density at radius 3 is 2.50 bits per heavy atom. The summed E-state index contributed by atoms with van der Waals surface area (Å²) in [5.74, 6) is 0.284. The monoisotopic (exact) mass is 211 g/mol. The average molecular weight is 211 g/mol. The highest BCUT2D eigenvalue weighted by Gasteiger charge is 2.30. The first-order chi connectivity index (χ1) is 6.37. The van der Waals surface area contributed by atoms with Gasteiger partial charge in [0.2, 0.25) is 0 Å². The second-order valence-corrected chi connectivity index (χ2v) is 4.12. The zero-order valence-corrected chi connectivity index (χ0v) is 8.22. The molecule has 0 amide bonds. The van der Waals surface area contributed by atoms with Crippen molar-refractivity contribution in [2.75, 3.05) is 19.6 Å². The van der Waals surface area contributed by atoms with Gasteiger partial charge in [-0.3, -0.25) is 0 Å². The molecule has 0 aromatic heterocycles. The van der Waals surface area contributed by atoms with Gasteiger partial charge in [0.25, 0.3) is 0 Å². The maximum absolute atomic E-state index is 11.9. The molecule has 0 aliphatic carbocycles. The van der Waals surface area contributed by atoms with Gasteiger partial charge in [-0.2, -0.15) is 13.2 Å². The van der Waals surface area contributed by atoms with Crippen molar-refractivity contribution < 1.29 is 18.3 Å². The number of hydrogen-bond acceptors (Lipinski definition) is 2. The van der Waals surface area contributed by atoms with Gasteiger partial charge in [0, 0.05) is 19.6 Å². The van der Waals surface area contributed by atoms with E-state index in [1.807, 2.05) is 6.92 Å². The van der Waals surface area contributed by atoms with Crippen LogP contribution in [0.3, 0.4) is 0 Å². The lowest BCUT2D eigenvalue weighted by molar-refractivity contribution is -0.140. The number of halogens is 3. The molecule has 1 aliphatic rings. The second-order valence-electron chi connectivity index (χ2n) is 4.12. The minimum Gasteiger partial charge on any atom is -0.392 e. The molecule has 84 valence electrons. The van der Waals surface area contributed by atoms with Crippen LogP contribution in [-0.2, 0) is 0 Å². The van der Waals surface area contributed by atoms with E-state index in [9.17, 15) is 18.3 Å². The van der Waals surface area contributed by atoms with Gasteiger partial charge in [-0.05, 0) is 12.3 Å². The molecule has 1 N–H and O–H groups in total. The zero-order valence-electron chi connectivity index (χ0n) is 8.22. The number of hydrogen-bond donors (Lipinski definition) is 1. The van der Waals surface area contributed by atoms with Crippen molar-refractivity contribution in [1.82, 2.24) is 4.90 Å². The minimum atomic E-state index is -4.09. The van der Waals surface area contributed by atoms with Crippen LogP contribution in [-0.4, -0.2) is 41.9 Å². The third kappa shape index (κ3) is 4.28. The van der Waals surface area contributed by atoms with E-state index in [0.717, 1.165) is 0 Å². The normalized spacial score (nSPS) is 30.6. The number of piperidine rings is 1. The zero-order chi connectivity index (χ0) is 10.8. The molecule has 2 nitrogen and oxygen atoms in total. The van der Waals surface area contributed by atoms with Gasteiger partial charge in [-0.15, -0.1) is 0 Å². The summed E-state index contributed by atoms with van der Waals surface area (Å²) in [5.41, 5.74) is 0. The molecule has 0 aromatic carbocycles. The lowest BCUT2D eigenvalue weighted by Gasteiger charge is -2.34. The van der Waals surface area contributed by atoms with Crippen molar-refractivity contribution in [3.05, 3.63) is 0 Å². The van der Waals surface area contributed by atoms with Crippen molar-refractivity contribution in [2.45, 2.75) is 32.0 Å². The van der Waals surface area contributed by atoms with Crippen LogP contribution in [0.5, 0.6) is 0 Å². The Kier molecular flexibility index (Phi) is 3.78. The van der Waals surface area contributed by atoms with Crippen molar-refractivity contribution in [3.63, 3.8) is 0 Å². The Labute approximate surface area is 81.7 Å². The molecule has 0 unspecified atom stereocenters. The number of rotatable bonds is 2. The van der Waals surface area contributed by atoms with Crippen LogP contribution < -0.4 is 0 Å². The molecule has 0 saturated carbocycles. The predicted octanol–water partition coefficient (Wildman–Crippen LogP) is 1.64. The van der Waals surface area contributed by atoms with Crippen LogP contribution in [0, 0.1) is 5.92 Å². The molecule has 1 rings (SSSR count). The van der Waals surface area contributed by atoms with E-state index in [-0.39, 0.29) is 12.5 Å². The van der Waals surface area contributed by atoms with Crippen molar-refractivity contribution >= 4 is 0 Å². The van der Waals surface area contributed by atoms with Gasteiger partial charge < -0.3 is 10.0 Å². The molecule has 1 heterocycles. The van der Waals surface area contributed by atoms with Crippen LogP contribution in [0.25, 0.3) is 0 Å². The number of β-amino-alcohol motifs (C(OH)–C–C–N with tert-alkyl or cyclic N) is 1. The van der Waals surface area contributed by atoms with Gasteiger partial charge in [0.05, 0.1) is 12.5 Å². The molecule has 14 heavy (non-hydrogen) atoms. The summed E-state index contributed by atoms with van der Waals surface area (Å²) >= 11 is 0. The Morgan fingerprint density at radius 1 is 1.36 bits per heavy atom. The smallest absolute Gasteiger partial charge is 0.390 e. The highest BCUT2D eigenvalue weighted by Crippen LogP contribution is 2.22. The Hall–Kier alpha value is -0.290. The van der Waals surface area contributed by atoms with Crippen LogP contribution >= 0.6 is 0 Å². The average Bonchev–Trinajstić information content (AvgIpc) is 1.97.